The zero-order valence-electron chi connectivity index (χ0n) is 9.40. The van der Waals surface area contributed by atoms with Crippen molar-refractivity contribution in [1.29, 1.82) is 0 Å². The molecular weight excluding hydrogens is 210 g/mol. The number of carbonyl (C=O) groups is 2. The van der Waals surface area contributed by atoms with Gasteiger partial charge in [-0.15, -0.1) is 0 Å². The van der Waals surface area contributed by atoms with E-state index in [9.17, 15) is 9.59 Å². The minimum Gasteiger partial charge on any atom is -0.462 e. The molecule has 0 saturated carbocycles. The highest BCUT2D eigenvalue weighted by atomic mass is 16.5. The summed E-state index contributed by atoms with van der Waals surface area (Å²) in [5.41, 5.74) is 0.155. The molecule has 6 nitrogen and oxygen atoms in total. The van der Waals surface area contributed by atoms with E-state index >= 15 is 0 Å². The number of carbonyl (C=O) groups excluding carboxylic acids is 2. The van der Waals surface area contributed by atoms with E-state index in [0.29, 0.717) is 5.82 Å². The van der Waals surface area contributed by atoms with Crippen LogP contribution in [-0.2, 0) is 9.53 Å². The second-order valence-corrected chi connectivity index (χ2v) is 3.08. The van der Waals surface area contributed by atoms with Crippen molar-refractivity contribution in [2.45, 2.75) is 20.8 Å². The van der Waals surface area contributed by atoms with Crippen molar-refractivity contribution >= 4 is 17.7 Å². The molecule has 1 N–H and O–H groups in total. The predicted octanol–water partition coefficient (Wildman–Crippen LogP) is 0.920. The molecule has 1 aromatic rings. The summed E-state index contributed by atoms with van der Waals surface area (Å²) in [4.78, 5) is 30.3. The second-order valence-electron chi connectivity index (χ2n) is 3.08. The molecule has 1 amide bonds. The molecule has 1 heterocycles. The molecule has 1 aromatic heterocycles. The van der Waals surface area contributed by atoms with Gasteiger partial charge in [-0.05, 0) is 13.8 Å². The molecule has 0 saturated heterocycles. The molecule has 0 bridgehead atoms. The fraction of sp³-hybridized carbons (Fsp3) is 0.400. The SMILES string of the molecule is CCOC(=O)c1cnc(C)nc1NC(C)=O. The van der Waals surface area contributed by atoms with Crippen LogP contribution in [0.5, 0.6) is 0 Å². The molecule has 0 fully saturated rings. The van der Waals surface area contributed by atoms with E-state index in [0.717, 1.165) is 0 Å². The first-order valence-corrected chi connectivity index (χ1v) is 4.83. The maximum Gasteiger partial charge on any atom is 0.343 e. The number of anilines is 1. The lowest BCUT2D eigenvalue weighted by Crippen LogP contribution is -2.15. The number of amides is 1. The van der Waals surface area contributed by atoms with Crippen molar-refractivity contribution in [2.24, 2.45) is 0 Å². The maximum atomic E-state index is 11.5. The number of aromatic nitrogens is 2. The van der Waals surface area contributed by atoms with Gasteiger partial charge in [-0.2, -0.15) is 0 Å². The number of aryl methyl sites for hydroxylation is 1. The molecule has 16 heavy (non-hydrogen) atoms. The van der Waals surface area contributed by atoms with Crippen LogP contribution in [0.15, 0.2) is 6.20 Å². The molecule has 0 aromatic carbocycles. The predicted molar refractivity (Wildman–Crippen MR) is 57.0 cm³/mol. The number of rotatable bonds is 3. The highest BCUT2D eigenvalue weighted by Gasteiger charge is 2.15. The van der Waals surface area contributed by atoms with Crippen LogP contribution in [0.4, 0.5) is 5.82 Å². The molecule has 0 aliphatic carbocycles. The Morgan fingerprint density at radius 3 is 2.75 bits per heavy atom. The molecule has 0 unspecified atom stereocenters. The summed E-state index contributed by atoms with van der Waals surface area (Å²) in [7, 11) is 0. The lowest BCUT2D eigenvalue weighted by atomic mass is 10.3. The van der Waals surface area contributed by atoms with Crippen molar-refractivity contribution in [3.8, 4) is 0 Å². The normalized spacial score (nSPS) is 9.69. The molecule has 0 aliphatic rings. The molecule has 0 spiro atoms. The number of esters is 1. The van der Waals surface area contributed by atoms with E-state index in [4.69, 9.17) is 4.74 Å². The van der Waals surface area contributed by atoms with Crippen LogP contribution >= 0.6 is 0 Å². The van der Waals surface area contributed by atoms with Crippen molar-refractivity contribution in [3.63, 3.8) is 0 Å². The van der Waals surface area contributed by atoms with Gasteiger partial charge in [0.2, 0.25) is 5.91 Å². The highest BCUT2D eigenvalue weighted by molar-refractivity contribution is 5.99. The van der Waals surface area contributed by atoms with Crippen LogP contribution in [0.2, 0.25) is 0 Å². The van der Waals surface area contributed by atoms with E-state index in [-0.39, 0.29) is 23.9 Å². The summed E-state index contributed by atoms with van der Waals surface area (Å²) >= 11 is 0. The number of hydrogen-bond acceptors (Lipinski definition) is 5. The van der Waals surface area contributed by atoms with E-state index in [2.05, 4.69) is 15.3 Å². The topological polar surface area (TPSA) is 81.2 Å². The number of nitrogens with one attached hydrogen (secondary N) is 1. The van der Waals surface area contributed by atoms with E-state index in [1.807, 2.05) is 0 Å². The van der Waals surface area contributed by atoms with Crippen molar-refractivity contribution < 1.29 is 14.3 Å². The molecule has 1 rings (SSSR count). The lowest BCUT2D eigenvalue weighted by molar-refractivity contribution is -0.114. The van der Waals surface area contributed by atoms with Crippen LogP contribution in [0.25, 0.3) is 0 Å². The second kappa shape index (κ2) is 5.20. The fourth-order valence-electron chi connectivity index (χ4n) is 1.09. The summed E-state index contributed by atoms with van der Waals surface area (Å²) < 4.78 is 4.82. The van der Waals surface area contributed by atoms with Crippen molar-refractivity contribution in [1.82, 2.24) is 9.97 Å². The zero-order valence-corrected chi connectivity index (χ0v) is 9.40. The number of nitrogens with zero attached hydrogens (tertiary/aromatic N) is 2. The van der Waals surface area contributed by atoms with Crippen molar-refractivity contribution in [3.05, 3.63) is 17.6 Å². The van der Waals surface area contributed by atoms with Gasteiger partial charge >= 0.3 is 5.97 Å². The largest absolute Gasteiger partial charge is 0.462 e. The van der Waals surface area contributed by atoms with Gasteiger partial charge in [0.15, 0.2) is 5.82 Å². The van der Waals surface area contributed by atoms with Crippen LogP contribution in [0.3, 0.4) is 0 Å². The number of hydrogen-bond donors (Lipinski definition) is 1. The van der Waals surface area contributed by atoms with Gasteiger partial charge in [-0.25, -0.2) is 14.8 Å². The molecule has 86 valence electrons. The molecule has 0 atom stereocenters. The summed E-state index contributed by atoms with van der Waals surface area (Å²) in [6.07, 6.45) is 1.34. The minimum absolute atomic E-state index is 0.155. The first-order valence-electron chi connectivity index (χ1n) is 4.83. The Morgan fingerprint density at radius 2 is 2.19 bits per heavy atom. The van der Waals surface area contributed by atoms with E-state index < -0.39 is 5.97 Å². The van der Waals surface area contributed by atoms with Gasteiger partial charge in [-0.1, -0.05) is 0 Å². The molecule has 0 radical (unpaired) electrons. The lowest BCUT2D eigenvalue weighted by Gasteiger charge is -2.08. The average Bonchev–Trinajstić information content (AvgIpc) is 2.16. The van der Waals surface area contributed by atoms with Crippen LogP contribution in [0, 0.1) is 6.92 Å². The Bertz CT molecular complexity index is 418. The molecular formula is C10H13N3O3. The zero-order chi connectivity index (χ0) is 12.1. The third-order valence-corrected chi connectivity index (χ3v) is 1.70. The summed E-state index contributed by atoms with van der Waals surface area (Å²) in [5, 5.41) is 2.46. The van der Waals surface area contributed by atoms with Gasteiger partial charge in [0, 0.05) is 13.1 Å². The molecule has 6 heteroatoms. The number of ether oxygens (including phenoxy) is 1. The first-order chi connectivity index (χ1) is 7.54. The van der Waals surface area contributed by atoms with Crippen LogP contribution < -0.4 is 5.32 Å². The standard InChI is InChI=1S/C10H13N3O3/c1-4-16-10(15)8-5-11-6(2)12-9(8)13-7(3)14/h5H,4H2,1-3H3,(H,11,12,13,14). The monoisotopic (exact) mass is 223 g/mol. The van der Waals surface area contributed by atoms with Gasteiger partial charge in [-0.3, -0.25) is 4.79 Å². The van der Waals surface area contributed by atoms with Crippen LogP contribution in [0.1, 0.15) is 30.0 Å². The first kappa shape index (κ1) is 12.1. The smallest absolute Gasteiger partial charge is 0.343 e. The summed E-state index contributed by atoms with van der Waals surface area (Å²) in [6, 6.07) is 0. The Morgan fingerprint density at radius 1 is 1.50 bits per heavy atom. The highest BCUT2D eigenvalue weighted by Crippen LogP contribution is 2.12. The Balaban J connectivity index is 3.06. The third-order valence-electron chi connectivity index (χ3n) is 1.70. The Hall–Kier alpha value is -1.98. The van der Waals surface area contributed by atoms with Gasteiger partial charge in [0.1, 0.15) is 11.4 Å². The Labute approximate surface area is 93.0 Å². The maximum absolute atomic E-state index is 11.5. The van der Waals surface area contributed by atoms with E-state index in [1.54, 1.807) is 13.8 Å². The van der Waals surface area contributed by atoms with Crippen molar-refractivity contribution in [2.75, 3.05) is 11.9 Å². The minimum atomic E-state index is -0.550. The molecule has 0 aliphatic heterocycles. The quantitative estimate of drug-likeness (QED) is 0.770. The Kier molecular flexibility index (Phi) is 3.93. The van der Waals surface area contributed by atoms with Gasteiger partial charge in [0.05, 0.1) is 6.61 Å². The third kappa shape index (κ3) is 3.01. The van der Waals surface area contributed by atoms with Crippen LogP contribution in [-0.4, -0.2) is 28.5 Å². The summed E-state index contributed by atoms with van der Waals surface area (Å²) in [6.45, 7) is 4.96. The fourth-order valence-corrected chi connectivity index (χ4v) is 1.09. The van der Waals surface area contributed by atoms with Gasteiger partial charge in [0.25, 0.3) is 0 Å². The van der Waals surface area contributed by atoms with Gasteiger partial charge < -0.3 is 10.1 Å². The average molecular weight is 223 g/mol. The van der Waals surface area contributed by atoms with E-state index in [1.165, 1.54) is 13.1 Å². The summed E-state index contributed by atoms with van der Waals surface area (Å²) in [5.74, 6) is -0.204.